The van der Waals surface area contributed by atoms with E-state index >= 15 is 0 Å². The average Bonchev–Trinajstić information content (AvgIpc) is 2.76. The molecule has 2 nitrogen and oxygen atoms in total. The minimum Gasteiger partial charge on any atom is -0.184 e. The minimum atomic E-state index is -0.359. The van der Waals surface area contributed by atoms with Crippen LogP contribution < -0.4 is 0 Å². The zero-order valence-corrected chi connectivity index (χ0v) is 17.9. The summed E-state index contributed by atoms with van der Waals surface area (Å²) in [6.07, 6.45) is 10.9. The summed E-state index contributed by atoms with van der Waals surface area (Å²) in [5.41, 5.74) is 0. The first kappa shape index (κ1) is 30.7. The molecule has 0 aliphatic heterocycles. The molecule has 5 heteroatoms. The summed E-state index contributed by atoms with van der Waals surface area (Å²) >= 11 is 4.62. The van der Waals surface area contributed by atoms with Crippen molar-refractivity contribution in [3.63, 3.8) is 0 Å². The van der Waals surface area contributed by atoms with Gasteiger partial charge < -0.3 is 17.4 Å². The van der Waals surface area contributed by atoms with Crippen molar-refractivity contribution < 1.29 is 43.5 Å². The molecule has 0 aromatic heterocycles. The van der Waals surface area contributed by atoms with E-state index in [4.69, 9.17) is 7.73 Å². The average molecular weight is 462 g/mol. The molecule has 2 aromatic carbocycles. The van der Waals surface area contributed by atoms with Crippen LogP contribution in [0.2, 0.25) is 0 Å². The quantitative estimate of drug-likeness (QED) is 0.342. The molecular weight excluding hydrogens is 433 g/mol. The van der Waals surface area contributed by atoms with Gasteiger partial charge in [0.2, 0.25) is 0 Å². The predicted octanol–water partition coefficient (Wildman–Crippen LogP) is 6.63. The number of hydrogen-bond donors (Lipinski definition) is 0. The van der Waals surface area contributed by atoms with E-state index in [1.807, 2.05) is 30.3 Å². The predicted molar refractivity (Wildman–Crippen MR) is 98.7 cm³/mol. The Morgan fingerprint density at radius 2 is 1.37 bits per heavy atom. The molecule has 0 spiro atoms. The smallest absolute Gasteiger partial charge is 0.171 e. The van der Waals surface area contributed by atoms with Crippen LogP contribution in [0.3, 0.4) is 0 Å². The van der Waals surface area contributed by atoms with E-state index in [-0.39, 0.29) is 5.82 Å². The van der Waals surface area contributed by atoms with Crippen molar-refractivity contribution in [2.45, 2.75) is 58.3 Å². The molecule has 0 aliphatic rings. The van der Waals surface area contributed by atoms with Crippen LogP contribution in [0.4, 0.5) is 4.39 Å². The maximum absolute atomic E-state index is 11.8. The van der Waals surface area contributed by atoms with Crippen molar-refractivity contribution in [1.82, 2.24) is 0 Å². The van der Waals surface area contributed by atoms with Crippen LogP contribution in [0.1, 0.15) is 58.3 Å². The zero-order chi connectivity index (χ0) is 21.0. The molecule has 2 rings (SSSR count). The molecule has 27 heavy (non-hydrogen) atoms. The van der Waals surface area contributed by atoms with Crippen LogP contribution in [0.25, 0.3) is 0 Å². The maximum Gasteiger partial charge on any atom is -0.171 e. The SMILES string of the molecule is Fc1[c-]cc[c-]c1.[CH2-]CCCCCCCCC.[O]=[Co].[O]=[Co].[c-]1ccccc1. The summed E-state index contributed by atoms with van der Waals surface area (Å²) < 4.78 is 27.7. The van der Waals surface area contributed by atoms with Crippen LogP contribution >= 0.6 is 0 Å². The Balaban J connectivity index is -0.000000299. The van der Waals surface area contributed by atoms with Gasteiger partial charge in [-0.3, -0.25) is 24.3 Å². The third-order valence-corrected chi connectivity index (χ3v) is 3.07. The molecule has 2 aromatic rings. The molecule has 0 atom stereocenters. The van der Waals surface area contributed by atoms with Gasteiger partial charge in [-0.15, -0.1) is 5.82 Å². The summed E-state index contributed by atoms with van der Waals surface area (Å²) in [5, 5.41) is 0. The number of halogens is 1. The van der Waals surface area contributed by atoms with E-state index in [1.54, 1.807) is 6.07 Å². The van der Waals surface area contributed by atoms with Gasteiger partial charge in [0.25, 0.3) is 0 Å². The van der Waals surface area contributed by atoms with Gasteiger partial charge in [-0.05, 0) is 0 Å². The van der Waals surface area contributed by atoms with Crippen LogP contribution in [0.15, 0.2) is 48.5 Å². The second-order valence-corrected chi connectivity index (χ2v) is 5.19. The molecule has 0 unspecified atom stereocenters. The third-order valence-electron chi connectivity index (χ3n) is 3.07. The molecule has 0 bridgehead atoms. The summed E-state index contributed by atoms with van der Waals surface area (Å²) in [6.45, 7) is 6.08. The molecule has 0 saturated carbocycles. The van der Waals surface area contributed by atoms with Gasteiger partial charge in [-0.1, -0.05) is 51.9 Å². The second-order valence-electron chi connectivity index (χ2n) is 5.19. The van der Waals surface area contributed by atoms with Gasteiger partial charge >= 0.3 is 39.1 Å². The molecule has 0 aliphatic carbocycles. The topological polar surface area (TPSA) is 34.1 Å². The Kier molecular flexibility index (Phi) is 37.1. The van der Waals surface area contributed by atoms with Gasteiger partial charge in [0.1, 0.15) is 0 Å². The first-order valence-corrected chi connectivity index (χ1v) is 9.67. The van der Waals surface area contributed by atoms with Gasteiger partial charge in [-0.2, -0.15) is 42.8 Å². The molecule has 0 N–H and O–H groups in total. The van der Waals surface area contributed by atoms with E-state index < -0.39 is 0 Å². The van der Waals surface area contributed by atoms with E-state index in [0.717, 1.165) is 6.42 Å². The maximum atomic E-state index is 11.8. The van der Waals surface area contributed by atoms with Gasteiger partial charge in [0, 0.05) is 0 Å². The summed E-state index contributed by atoms with van der Waals surface area (Å²) in [7, 11) is 0. The Morgan fingerprint density at radius 1 is 0.815 bits per heavy atom. The van der Waals surface area contributed by atoms with Crippen molar-refractivity contribution in [3.8, 4) is 0 Å². The van der Waals surface area contributed by atoms with Crippen molar-refractivity contribution in [2.24, 2.45) is 0 Å². The second kappa shape index (κ2) is 32.6. The molecule has 0 radical (unpaired) electrons. The van der Waals surface area contributed by atoms with Crippen LogP contribution in [0.5, 0.6) is 0 Å². The van der Waals surface area contributed by atoms with Crippen molar-refractivity contribution >= 4 is 0 Å². The molecule has 0 saturated heterocycles. The largest absolute Gasteiger partial charge is 0.184 e. The normalized spacial score (nSPS) is 8.19. The van der Waals surface area contributed by atoms with Crippen LogP contribution in [-0.4, -0.2) is 0 Å². The summed E-state index contributed by atoms with van der Waals surface area (Å²) in [4.78, 5) is 0. The van der Waals surface area contributed by atoms with E-state index in [1.165, 1.54) is 57.1 Å². The van der Waals surface area contributed by atoms with Crippen molar-refractivity contribution in [2.75, 3.05) is 0 Å². The third kappa shape index (κ3) is 33.0. The molecule has 0 heterocycles. The van der Waals surface area contributed by atoms with Gasteiger partial charge in [0.05, 0.1) is 0 Å². The van der Waals surface area contributed by atoms with E-state index in [0.29, 0.717) is 0 Å². The molecule has 0 amide bonds. The monoisotopic (exact) mass is 462 g/mol. The van der Waals surface area contributed by atoms with Crippen LogP contribution in [-0.2, 0) is 39.1 Å². The fourth-order valence-corrected chi connectivity index (χ4v) is 1.81. The fraction of sp³-hybridized carbons (Fsp3) is 0.409. The summed E-state index contributed by atoms with van der Waals surface area (Å²) in [5.74, 6) is -0.359. The summed E-state index contributed by atoms with van der Waals surface area (Å²) in [6, 6.07) is 21.7. The van der Waals surface area contributed by atoms with Crippen molar-refractivity contribution in [3.05, 3.63) is 79.5 Å². The number of unbranched alkanes of at least 4 members (excludes halogenated alkanes) is 7. The van der Waals surface area contributed by atoms with Crippen molar-refractivity contribution in [1.29, 1.82) is 0 Å². The number of rotatable bonds is 7. The van der Waals surface area contributed by atoms with Gasteiger partial charge in [0.15, 0.2) is 0 Å². The molecule has 0 fully saturated rings. The first-order chi connectivity index (χ1) is 13.3. The number of hydrogen-bond acceptors (Lipinski definition) is 2. The fourth-order valence-electron chi connectivity index (χ4n) is 1.81. The first-order valence-electron chi connectivity index (χ1n) is 8.82. The van der Waals surface area contributed by atoms with Crippen LogP contribution in [0, 0.1) is 30.9 Å². The Labute approximate surface area is 180 Å². The minimum absolute atomic E-state index is 0.359. The van der Waals surface area contributed by atoms with E-state index in [2.05, 4.69) is 63.4 Å². The number of benzene rings is 2. The Hall–Kier alpha value is -1.02. The molecule has 158 valence electrons. The zero-order valence-electron chi connectivity index (χ0n) is 15.8. The molecular formula is C22H29Co2FO2-4. The van der Waals surface area contributed by atoms with E-state index in [9.17, 15) is 4.39 Å². The Bertz CT molecular complexity index is 422. The Morgan fingerprint density at radius 3 is 1.67 bits per heavy atom. The standard InChI is InChI=1S/C10H21.C6H3F.C6H5.2Co.2O/c1-3-5-7-9-10-8-6-4-2;7-6-4-2-1-3-5-6;1-2-4-6-5-3-1;;;;/h1,3-10H2,2H3;1-2,5H;1-5H;;;;/q-1;-2;-1;;;;. The van der Waals surface area contributed by atoms with Gasteiger partial charge in [-0.25, -0.2) is 0 Å².